The van der Waals surface area contributed by atoms with Crippen molar-refractivity contribution in [2.45, 2.75) is 20.4 Å². The van der Waals surface area contributed by atoms with Crippen molar-refractivity contribution in [3.8, 4) is 5.75 Å². The van der Waals surface area contributed by atoms with Crippen LogP contribution in [-0.2, 0) is 16.6 Å². The third kappa shape index (κ3) is 5.82. The number of hydrogen-bond donors (Lipinski definition) is 0. The molecule has 8 heteroatoms. The lowest BCUT2D eigenvalue weighted by atomic mass is 10.1. The second-order valence-corrected chi connectivity index (χ2v) is 11.1. The molecule has 1 aliphatic heterocycles. The van der Waals surface area contributed by atoms with Gasteiger partial charge in [0.05, 0.1) is 25.6 Å². The maximum atomic E-state index is 13.1. The highest BCUT2D eigenvalue weighted by molar-refractivity contribution is 7.92. The van der Waals surface area contributed by atoms with E-state index in [9.17, 15) is 13.2 Å². The van der Waals surface area contributed by atoms with Gasteiger partial charge >= 0.3 is 0 Å². The molecule has 36 heavy (non-hydrogen) atoms. The van der Waals surface area contributed by atoms with Crippen molar-refractivity contribution in [3.63, 3.8) is 0 Å². The number of rotatable bonds is 7. The zero-order chi connectivity index (χ0) is 25.9. The highest BCUT2D eigenvalue weighted by Gasteiger charge is 2.23. The van der Waals surface area contributed by atoms with Gasteiger partial charge in [-0.15, -0.1) is 0 Å². The van der Waals surface area contributed by atoms with E-state index in [1.807, 2.05) is 73.3 Å². The lowest BCUT2D eigenvalue weighted by molar-refractivity contribution is 0.0746. The van der Waals surface area contributed by atoms with Gasteiger partial charge in [-0.2, -0.15) is 0 Å². The fourth-order valence-electron chi connectivity index (χ4n) is 4.43. The van der Waals surface area contributed by atoms with E-state index in [0.29, 0.717) is 24.3 Å². The van der Waals surface area contributed by atoms with Crippen molar-refractivity contribution < 1.29 is 17.9 Å². The Bertz CT molecular complexity index is 1310. The predicted octanol–water partition coefficient (Wildman–Crippen LogP) is 4.24. The van der Waals surface area contributed by atoms with Crippen LogP contribution in [0.5, 0.6) is 5.75 Å². The number of piperazine rings is 1. The average Bonchev–Trinajstić information content (AvgIpc) is 2.88. The van der Waals surface area contributed by atoms with Crippen LogP contribution in [-0.4, -0.2) is 58.8 Å². The molecule has 1 aliphatic rings. The molecule has 7 nitrogen and oxygen atoms in total. The van der Waals surface area contributed by atoms with Gasteiger partial charge in [0.15, 0.2) is 0 Å². The monoisotopic (exact) mass is 507 g/mol. The van der Waals surface area contributed by atoms with E-state index in [0.717, 1.165) is 41.2 Å². The van der Waals surface area contributed by atoms with Crippen LogP contribution in [0.4, 0.5) is 11.4 Å². The van der Waals surface area contributed by atoms with Crippen molar-refractivity contribution >= 4 is 27.3 Å². The Balaban J connectivity index is 1.41. The third-order valence-corrected chi connectivity index (χ3v) is 7.69. The number of sulfonamides is 1. The van der Waals surface area contributed by atoms with Gasteiger partial charge in [0.1, 0.15) is 5.75 Å². The quantitative estimate of drug-likeness (QED) is 0.479. The summed E-state index contributed by atoms with van der Waals surface area (Å²) in [6, 6.07) is 21.0. The van der Waals surface area contributed by atoms with Crippen LogP contribution >= 0.6 is 0 Å². The molecule has 0 spiro atoms. The topological polar surface area (TPSA) is 70.2 Å². The molecule has 4 rings (SSSR count). The molecule has 1 heterocycles. The van der Waals surface area contributed by atoms with Gasteiger partial charge < -0.3 is 14.5 Å². The molecule has 1 saturated heterocycles. The number of ether oxygens (including phenoxy) is 1. The number of aryl methyl sites for hydroxylation is 2. The van der Waals surface area contributed by atoms with E-state index in [-0.39, 0.29) is 12.5 Å². The second kappa shape index (κ2) is 10.6. The zero-order valence-electron chi connectivity index (χ0n) is 21.3. The highest BCUT2D eigenvalue weighted by atomic mass is 32.2. The molecule has 0 bridgehead atoms. The lowest BCUT2D eigenvalue weighted by Crippen LogP contribution is -2.48. The van der Waals surface area contributed by atoms with Gasteiger partial charge in [0.25, 0.3) is 5.91 Å². The summed E-state index contributed by atoms with van der Waals surface area (Å²) in [6.07, 6.45) is 1.22. The van der Waals surface area contributed by atoms with Crippen molar-refractivity contribution in [2.75, 3.05) is 48.7 Å². The average molecular weight is 508 g/mol. The van der Waals surface area contributed by atoms with Crippen molar-refractivity contribution in [1.29, 1.82) is 0 Å². The number of nitrogens with zero attached hydrogens (tertiary/aromatic N) is 3. The van der Waals surface area contributed by atoms with Gasteiger partial charge in [0, 0.05) is 37.4 Å². The van der Waals surface area contributed by atoms with Crippen molar-refractivity contribution in [2.24, 2.45) is 0 Å². The molecule has 3 aromatic rings. The first-order valence-electron chi connectivity index (χ1n) is 12.0. The number of anilines is 2. The molecule has 190 valence electrons. The second-order valence-electron chi connectivity index (χ2n) is 9.23. The first-order valence-corrected chi connectivity index (χ1v) is 13.8. The maximum Gasteiger partial charge on any atom is 0.253 e. The fraction of sp³-hybridized carbons (Fsp3) is 0.321. The minimum absolute atomic E-state index is 0.00886. The molecule has 0 atom stereocenters. The van der Waals surface area contributed by atoms with Crippen LogP contribution in [0.25, 0.3) is 0 Å². The number of hydrogen-bond acceptors (Lipinski definition) is 5. The molecule has 3 aromatic carbocycles. The molecule has 1 amide bonds. The van der Waals surface area contributed by atoms with Gasteiger partial charge in [-0.3, -0.25) is 9.10 Å². The summed E-state index contributed by atoms with van der Waals surface area (Å²) in [5, 5.41) is 0. The first kappa shape index (κ1) is 25.6. The molecular weight excluding hydrogens is 474 g/mol. The van der Waals surface area contributed by atoms with Crippen molar-refractivity contribution in [3.05, 3.63) is 89.0 Å². The Morgan fingerprint density at radius 3 is 2.14 bits per heavy atom. The van der Waals surface area contributed by atoms with Crippen LogP contribution in [0.3, 0.4) is 0 Å². The minimum atomic E-state index is -3.48. The molecule has 0 radical (unpaired) electrons. The summed E-state index contributed by atoms with van der Waals surface area (Å²) in [4.78, 5) is 17.2. The fourth-order valence-corrected chi connectivity index (χ4v) is 5.37. The highest BCUT2D eigenvalue weighted by Crippen LogP contribution is 2.26. The summed E-state index contributed by atoms with van der Waals surface area (Å²) in [5.74, 6) is 0.815. The van der Waals surface area contributed by atoms with E-state index in [1.54, 1.807) is 19.2 Å². The molecule has 0 aliphatic carbocycles. The predicted molar refractivity (Wildman–Crippen MR) is 144 cm³/mol. The van der Waals surface area contributed by atoms with Crippen LogP contribution in [0.2, 0.25) is 0 Å². The van der Waals surface area contributed by atoms with Crippen LogP contribution in [0.15, 0.2) is 66.7 Å². The summed E-state index contributed by atoms with van der Waals surface area (Å²) in [6.45, 7) is 6.86. The molecule has 0 unspecified atom stereocenters. The Morgan fingerprint density at radius 1 is 0.917 bits per heavy atom. The third-order valence-electron chi connectivity index (χ3n) is 6.57. The first-order chi connectivity index (χ1) is 17.2. The normalized spacial score (nSPS) is 14.0. The smallest absolute Gasteiger partial charge is 0.253 e. The minimum Gasteiger partial charge on any atom is -0.497 e. The van der Waals surface area contributed by atoms with E-state index in [1.165, 1.54) is 10.6 Å². The van der Waals surface area contributed by atoms with Gasteiger partial charge in [-0.05, 0) is 73.0 Å². The zero-order valence-corrected chi connectivity index (χ0v) is 22.1. The van der Waals surface area contributed by atoms with Gasteiger partial charge in [-0.25, -0.2) is 8.42 Å². The van der Waals surface area contributed by atoms with Crippen molar-refractivity contribution in [1.82, 2.24) is 4.90 Å². The van der Waals surface area contributed by atoms with E-state index in [4.69, 9.17) is 4.74 Å². The molecular formula is C28H33N3O4S. The molecule has 0 aromatic heterocycles. The van der Waals surface area contributed by atoms with Crippen LogP contribution < -0.4 is 13.9 Å². The molecule has 0 saturated carbocycles. The van der Waals surface area contributed by atoms with E-state index < -0.39 is 10.0 Å². The maximum absolute atomic E-state index is 13.1. The summed E-state index contributed by atoms with van der Waals surface area (Å²) >= 11 is 0. The summed E-state index contributed by atoms with van der Waals surface area (Å²) < 4.78 is 31.8. The number of amides is 1. The summed E-state index contributed by atoms with van der Waals surface area (Å²) in [7, 11) is -1.83. The van der Waals surface area contributed by atoms with Crippen LogP contribution in [0.1, 0.15) is 27.0 Å². The Morgan fingerprint density at radius 2 is 1.56 bits per heavy atom. The standard InChI is InChI=1S/C28H33N3O4S/c1-21-5-6-22(2)27(19-21)31(36(4,33)34)20-23-7-9-24(10-8-23)28(32)30-17-15-29(16-18-30)25-11-13-26(35-3)14-12-25/h5-14,19H,15-18,20H2,1-4H3. The Labute approximate surface area is 214 Å². The molecule has 0 N–H and O–H groups in total. The number of benzene rings is 3. The van der Waals surface area contributed by atoms with Gasteiger partial charge in [0.2, 0.25) is 10.0 Å². The number of carbonyl (C=O) groups excluding carboxylic acids is 1. The largest absolute Gasteiger partial charge is 0.497 e. The number of methoxy groups -OCH3 is 1. The van der Waals surface area contributed by atoms with E-state index >= 15 is 0 Å². The summed E-state index contributed by atoms with van der Waals surface area (Å²) in [5.41, 5.74) is 5.11. The lowest BCUT2D eigenvalue weighted by Gasteiger charge is -2.36. The van der Waals surface area contributed by atoms with Gasteiger partial charge in [-0.1, -0.05) is 24.3 Å². The SMILES string of the molecule is COc1ccc(N2CCN(C(=O)c3ccc(CN(c4cc(C)ccc4C)S(C)(=O)=O)cc3)CC2)cc1. The molecule has 1 fully saturated rings. The van der Waals surface area contributed by atoms with E-state index in [2.05, 4.69) is 4.90 Å². The Hall–Kier alpha value is -3.52. The number of carbonyl (C=O) groups is 1. The Kier molecular flexibility index (Phi) is 7.54. The van der Waals surface area contributed by atoms with Crippen LogP contribution in [0, 0.1) is 13.8 Å².